The molecule has 1 atom stereocenters. The lowest BCUT2D eigenvalue weighted by Gasteiger charge is -2.27. The van der Waals surface area contributed by atoms with Gasteiger partial charge in [-0.25, -0.2) is 0 Å². The van der Waals surface area contributed by atoms with Gasteiger partial charge in [0.1, 0.15) is 0 Å². The fraction of sp³-hybridized carbons (Fsp3) is 0.667. The summed E-state index contributed by atoms with van der Waals surface area (Å²) in [5.41, 5.74) is 1.03. The molecule has 1 heterocycles. The number of H-pyrrole nitrogens is 1. The van der Waals surface area contributed by atoms with Crippen LogP contribution >= 0.6 is 0 Å². The van der Waals surface area contributed by atoms with Crippen LogP contribution in [0.2, 0.25) is 0 Å². The maximum atomic E-state index is 10.7. The molecule has 0 aliphatic heterocycles. The first-order valence-electron chi connectivity index (χ1n) is 6.02. The molecule has 1 aliphatic carbocycles. The fourth-order valence-electron chi connectivity index (χ4n) is 2.77. The molecular weight excluding hydrogens is 204 g/mol. The first-order valence-corrected chi connectivity index (χ1v) is 6.02. The van der Waals surface area contributed by atoms with Crippen molar-refractivity contribution in [2.24, 2.45) is 5.92 Å². The third-order valence-corrected chi connectivity index (χ3v) is 3.59. The second kappa shape index (κ2) is 5.14. The summed E-state index contributed by atoms with van der Waals surface area (Å²) in [6.45, 7) is 0.0607. The van der Waals surface area contributed by atoms with E-state index >= 15 is 0 Å². The predicted octanol–water partition coefficient (Wildman–Crippen LogP) is 2.96. The molecule has 1 N–H and O–H groups in total. The zero-order chi connectivity index (χ0) is 11.4. The standard InChI is InChI=1S/C12H18N2O2/c15-14(16)9-11(12-7-4-8-13-12)10-5-2-1-3-6-10/h4,7-8,10-11,13H,1-3,5-6,9H2. The van der Waals surface area contributed by atoms with E-state index in [-0.39, 0.29) is 17.4 Å². The van der Waals surface area contributed by atoms with Gasteiger partial charge < -0.3 is 4.98 Å². The van der Waals surface area contributed by atoms with E-state index in [0.717, 1.165) is 18.5 Å². The van der Waals surface area contributed by atoms with Crippen LogP contribution in [0.3, 0.4) is 0 Å². The van der Waals surface area contributed by atoms with E-state index in [0.29, 0.717) is 5.92 Å². The predicted molar refractivity (Wildman–Crippen MR) is 62.0 cm³/mol. The van der Waals surface area contributed by atoms with Crippen molar-refractivity contribution in [3.63, 3.8) is 0 Å². The van der Waals surface area contributed by atoms with Gasteiger partial charge in [0.15, 0.2) is 0 Å². The second-order valence-electron chi connectivity index (χ2n) is 4.65. The Morgan fingerprint density at radius 3 is 2.75 bits per heavy atom. The van der Waals surface area contributed by atoms with Gasteiger partial charge in [-0.3, -0.25) is 10.1 Å². The summed E-state index contributed by atoms with van der Waals surface area (Å²) in [4.78, 5) is 13.7. The first-order chi connectivity index (χ1) is 7.77. The normalized spacial score (nSPS) is 19.5. The molecule has 88 valence electrons. The SMILES string of the molecule is O=[N+]([O-])CC(c1ccc[nH]1)C1CCCCC1. The summed E-state index contributed by atoms with van der Waals surface area (Å²) < 4.78 is 0. The summed E-state index contributed by atoms with van der Waals surface area (Å²) in [5.74, 6) is 0.558. The highest BCUT2D eigenvalue weighted by atomic mass is 16.6. The lowest BCUT2D eigenvalue weighted by atomic mass is 9.78. The molecule has 4 heteroatoms. The first kappa shape index (κ1) is 11.2. The highest BCUT2D eigenvalue weighted by molar-refractivity contribution is 5.11. The molecular formula is C12H18N2O2. The zero-order valence-corrected chi connectivity index (χ0v) is 9.39. The summed E-state index contributed by atoms with van der Waals surface area (Å²) in [6.07, 6.45) is 7.85. The topological polar surface area (TPSA) is 58.9 Å². The Morgan fingerprint density at radius 2 is 2.19 bits per heavy atom. The number of hydrogen-bond donors (Lipinski definition) is 1. The summed E-state index contributed by atoms with van der Waals surface area (Å²) in [6, 6.07) is 3.90. The molecule has 0 saturated heterocycles. The Labute approximate surface area is 95.2 Å². The molecule has 0 radical (unpaired) electrons. The summed E-state index contributed by atoms with van der Waals surface area (Å²) >= 11 is 0. The van der Waals surface area contributed by atoms with E-state index in [1.165, 1.54) is 19.3 Å². The van der Waals surface area contributed by atoms with Crippen LogP contribution in [0, 0.1) is 16.0 Å². The van der Waals surface area contributed by atoms with Crippen molar-refractivity contribution in [3.05, 3.63) is 34.1 Å². The monoisotopic (exact) mass is 222 g/mol. The van der Waals surface area contributed by atoms with Crippen molar-refractivity contribution in [2.75, 3.05) is 6.54 Å². The minimum absolute atomic E-state index is 0.0607. The lowest BCUT2D eigenvalue weighted by Crippen LogP contribution is -2.23. The van der Waals surface area contributed by atoms with Crippen LogP contribution in [0.15, 0.2) is 18.3 Å². The molecule has 1 aromatic rings. The van der Waals surface area contributed by atoms with Crippen molar-refractivity contribution >= 4 is 0 Å². The molecule has 16 heavy (non-hydrogen) atoms. The maximum absolute atomic E-state index is 10.7. The van der Waals surface area contributed by atoms with E-state index in [4.69, 9.17) is 0 Å². The molecule has 0 aromatic carbocycles. The molecule has 1 unspecified atom stereocenters. The number of aromatic amines is 1. The average molecular weight is 222 g/mol. The van der Waals surface area contributed by atoms with E-state index in [1.54, 1.807) is 0 Å². The van der Waals surface area contributed by atoms with Crippen LogP contribution in [0.1, 0.15) is 43.7 Å². The van der Waals surface area contributed by atoms with Gasteiger partial charge >= 0.3 is 0 Å². The van der Waals surface area contributed by atoms with Crippen molar-refractivity contribution in [1.82, 2.24) is 4.98 Å². The quantitative estimate of drug-likeness (QED) is 0.629. The molecule has 4 nitrogen and oxygen atoms in total. The van der Waals surface area contributed by atoms with Gasteiger partial charge in [0.25, 0.3) is 0 Å². The van der Waals surface area contributed by atoms with E-state index in [2.05, 4.69) is 4.98 Å². The molecule has 2 rings (SSSR count). The third-order valence-electron chi connectivity index (χ3n) is 3.59. The molecule has 0 bridgehead atoms. The maximum Gasteiger partial charge on any atom is 0.212 e. The molecule has 1 aliphatic rings. The number of nitrogens with zero attached hydrogens (tertiary/aromatic N) is 1. The van der Waals surface area contributed by atoms with Gasteiger partial charge in [-0.15, -0.1) is 0 Å². The van der Waals surface area contributed by atoms with E-state index < -0.39 is 0 Å². The van der Waals surface area contributed by atoms with E-state index in [1.807, 2.05) is 18.3 Å². The highest BCUT2D eigenvalue weighted by Crippen LogP contribution is 2.35. The number of hydrogen-bond acceptors (Lipinski definition) is 2. The van der Waals surface area contributed by atoms with Gasteiger partial charge in [0.2, 0.25) is 6.54 Å². The van der Waals surface area contributed by atoms with E-state index in [9.17, 15) is 10.1 Å². The summed E-state index contributed by atoms with van der Waals surface area (Å²) in [7, 11) is 0. The zero-order valence-electron chi connectivity index (χ0n) is 9.39. The van der Waals surface area contributed by atoms with Crippen molar-refractivity contribution < 1.29 is 4.92 Å². The van der Waals surface area contributed by atoms with Crippen LogP contribution < -0.4 is 0 Å². The fourth-order valence-corrected chi connectivity index (χ4v) is 2.77. The Hall–Kier alpha value is -1.32. The number of aromatic nitrogens is 1. The van der Waals surface area contributed by atoms with Gasteiger partial charge in [-0.05, 0) is 30.9 Å². The molecule has 1 saturated carbocycles. The largest absolute Gasteiger partial charge is 0.365 e. The Morgan fingerprint density at radius 1 is 1.44 bits per heavy atom. The third kappa shape index (κ3) is 2.62. The second-order valence-corrected chi connectivity index (χ2v) is 4.65. The van der Waals surface area contributed by atoms with Gasteiger partial charge in [0.05, 0.1) is 5.92 Å². The molecule has 1 aromatic heterocycles. The van der Waals surface area contributed by atoms with Crippen LogP contribution in [0.25, 0.3) is 0 Å². The highest BCUT2D eigenvalue weighted by Gasteiger charge is 2.29. The van der Waals surface area contributed by atoms with Crippen molar-refractivity contribution in [1.29, 1.82) is 0 Å². The molecule has 0 amide bonds. The van der Waals surface area contributed by atoms with Crippen LogP contribution in [0.4, 0.5) is 0 Å². The Bertz CT molecular complexity index is 329. The Kier molecular flexibility index (Phi) is 3.59. The molecule has 0 spiro atoms. The average Bonchev–Trinajstić information content (AvgIpc) is 2.80. The lowest BCUT2D eigenvalue weighted by molar-refractivity contribution is -0.485. The van der Waals surface area contributed by atoms with Gasteiger partial charge in [-0.2, -0.15) is 0 Å². The van der Waals surface area contributed by atoms with Crippen LogP contribution in [0.5, 0.6) is 0 Å². The number of nitro groups is 1. The van der Waals surface area contributed by atoms with Crippen LogP contribution in [-0.2, 0) is 0 Å². The Balaban J connectivity index is 2.10. The van der Waals surface area contributed by atoms with Gasteiger partial charge in [-0.1, -0.05) is 19.3 Å². The number of nitrogens with one attached hydrogen (secondary N) is 1. The minimum atomic E-state index is -0.180. The number of rotatable bonds is 4. The summed E-state index contributed by atoms with van der Waals surface area (Å²) in [5, 5.41) is 10.7. The van der Waals surface area contributed by atoms with Crippen molar-refractivity contribution in [2.45, 2.75) is 38.0 Å². The van der Waals surface area contributed by atoms with Crippen LogP contribution in [-0.4, -0.2) is 16.5 Å². The molecule has 1 fully saturated rings. The van der Waals surface area contributed by atoms with Crippen molar-refractivity contribution in [3.8, 4) is 0 Å². The van der Waals surface area contributed by atoms with Gasteiger partial charge in [0, 0.05) is 16.8 Å². The smallest absolute Gasteiger partial charge is 0.212 e. The minimum Gasteiger partial charge on any atom is -0.365 e.